The molecule has 0 heterocycles. The van der Waals surface area contributed by atoms with Crippen molar-refractivity contribution in [1.82, 2.24) is 0 Å². The molecule has 0 saturated carbocycles. The van der Waals surface area contributed by atoms with Crippen molar-refractivity contribution in [3.8, 4) is 0 Å². The first-order valence-electron chi connectivity index (χ1n) is 0.732. The Morgan fingerprint density at radius 2 is 1.00 bits per heavy atom. The van der Waals surface area contributed by atoms with Crippen LogP contribution >= 0.6 is 69.1 Å². The quantitative estimate of drug-likeness (QED) is 0.641. The van der Waals surface area contributed by atoms with Crippen LogP contribution in [0.15, 0.2) is 9.97 Å². The molecule has 0 unspecified atom stereocenters. The molecule has 0 aliphatic carbocycles. The van der Waals surface area contributed by atoms with E-state index in [1.807, 2.05) is 0 Å². The van der Waals surface area contributed by atoms with Crippen LogP contribution in [0.5, 0.6) is 0 Å². The lowest BCUT2D eigenvalue weighted by molar-refractivity contribution is 2.63. The van der Waals surface area contributed by atoms with E-state index in [0.717, 1.165) is 3.39 Å². The van der Waals surface area contributed by atoms with Gasteiger partial charge in [0.2, 0.25) is 0 Å². The maximum atomic E-state index is 3.39. The van der Waals surface area contributed by atoms with Crippen molar-refractivity contribution in [2.24, 2.45) is 0 Å². The van der Waals surface area contributed by atoms with E-state index in [1.54, 1.807) is 0 Å². The lowest BCUT2D eigenvalue weighted by Crippen LogP contribution is -1.19. The maximum Gasteiger partial charge on any atom is 0.0532 e. The van der Waals surface area contributed by atoms with E-state index in [9.17, 15) is 0 Å². The van der Waals surface area contributed by atoms with E-state index >= 15 is 0 Å². The van der Waals surface area contributed by atoms with Crippen LogP contribution in [0, 0.1) is 0 Å². The summed E-state index contributed by atoms with van der Waals surface area (Å²) in [6.45, 7) is 3.39. The van der Waals surface area contributed by atoms with Gasteiger partial charge in [0.25, 0.3) is 0 Å². The second-order valence-electron chi connectivity index (χ2n) is 0.339. The number of hydrogen-bond acceptors (Lipinski definition) is 0. The summed E-state index contributed by atoms with van der Waals surface area (Å²) in [5.74, 6) is 0. The summed E-state index contributed by atoms with van der Waals surface area (Å²) in [5, 5.41) is 0. The van der Waals surface area contributed by atoms with Gasteiger partial charge < -0.3 is 0 Å². The van der Waals surface area contributed by atoms with E-state index in [4.69, 9.17) is 0 Å². The predicted molar refractivity (Wildman–Crippen MR) is 48.7 cm³/mol. The lowest BCUT2D eigenvalue weighted by atomic mass is 11.3. The fraction of sp³-hybridized carbons (Fsp3) is 0. The van der Waals surface area contributed by atoms with E-state index in [0.29, 0.717) is 0 Å². The van der Waals surface area contributed by atoms with E-state index in [-0.39, 0.29) is 37.2 Å². The van der Waals surface area contributed by atoms with Crippen molar-refractivity contribution in [1.29, 1.82) is 0 Å². The maximum absolute atomic E-state index is 3.39. The predicted octanol–water partition coefficient (Wildman–Crippen LogP) is 3.51. The van der Waals surface area contributed by atoms with Gasteiger partial charge in [-0.3, -0.25) is 0 Å². The smallest absolute Gasteiger partial charge is 0.0532 e. The molecule has 0 aromatic heterocycles. The summed E-state index contributed by atoms with van der Waals surface area (Å²) in [4.78, 5) is 0. The fourth-order valence-electron chi connectivity index (χ4n) is 0. The van der Waals surface area contributed by atoms with Crippen LogP contribution in [0.1, 0.15) is 0 Å². The van der Waals surface area contributed by atoms with Crippen LogP contribution in [0.25, 0.3) is 0 Å². The molecule has 0 nitrogen and oxygen atoms in total. The second kappa shape index (κ2) is 15.6. The van der Waals surface area contributed by atoms with Crippen molar-refractivity contribution in [3.63, 3.8) is 0 Å². The van der Waals surface area contributed by atoms with Gasteiger partial charge in [0.05, 0.1) is 3.39 Å². The molecule has 0 radical (unpaired) electrons. The monoisotopic (exact) mass is 292 g/mol. The SMILES string of the molecule is C=C(Br)Br.Cl.Cl.Cl. The van der Waals surface area contributed by atoms with Crippen molar-refractivity contribution in [3.05, 3.63) is 9.97 Å². The Morgan fingerprint density at radius 1 is 1.00 bits per heavy atom. The van der Waals surface area contributed by atoms with Crippen molar-refractivity contribution in [2.75, 3.05) is 0 Å². The summed E-state index contributed by atoms with van der Waals surface area (Å²) in [5.41, 5.74) is 0. The zero-order valence-corrected chi connectivity index (χ0v) is 8.81. The fourth-order valence-corrected chi connectivity index (χ4v) is 0. The zero-order valence-electron chi connectivity index (χ0n) is 3.19. The van der Waals surface area contributed by atoms with Gasteiger partial charge in [0.15, 0.2) is 0 Å². The van der Waals surface area contributed by atoms with Gasteiger partial charge in [-0.2, -0.15) is 0 Å². The standard InChI is InChI=1S/C2H2Br2.3ClH/c1-2(3)4;;;/h1H2;3*1H. The normalized spacial score (nSPS) is 3.71. The Labute approximate surface area is 78.6 Å². The van der Waals surface area contributed by atoms with Crippen LogP contribution in [-0.2, 0) is 0 Å². The molecule has 7 heavy (non-hydrogen) atoms. The topological polar surface area (TPSA) is 0 Å². The van der Waals surface area contributed by atoms with Crippen molar-refractivity contribution in [2.45, 2.75) is 0 Å². The molecule has 0 rings (SSSR count). The van der Waals surface area contributed by atoms with Crippen LogP contribution in [0.3, 0.4) is 0 Å². The first kappa shape index (κ1) is 23.5. The number of rotatable bonds is 0. The van der Waals surface area contributed by atoms with E-state index < -0.39 is 0 Å². The van der Waals surface area contributed by atoms with Gasteiger partial charge in [-0.1, -0.05) is 6.58 Å². The third kappa shape index (κ3) is 95.3. The average molecular weight is 295 g/mol. The Morgan fingerprint density at radius 3 is 1.00 bits per heavy atom. The molecule has 0 saturated heterocycles. The summed E-state index contributed by atoms with van der Waals surface area (Å²) in [6.07, 6.45) is 0. The third-order valence-electron chi connectivity index (χ3n) is 0. The van der Waals surface area contributed by atoms with Gasteiger partial charge in [0, 0.05) is 0 Å². The minimum absolute atomic E-state index is 0. The van der Waals surface area contributed by atoms with Crippen LogP contribution in [0.2, 0.25) is 0 Å². The highest BCUT2D eigenvalue weighted by atomic mass is 79.9. The molecule has 0 atom stereocenters. The Bertz CT molecular complexity index is 33.9. The minimum Gasteiger partial charge on any atom is -0.147 e. The van der Waals surface area contributed by atoms with Gasteiger partial charge in [0.1, 0.15) is 0 Å². The summed E-state index contributed by atoms with van der Waals surface area (Å²) in [7, 11) is 0. The lowest BCUT2D eigenvalue weighted by Gasteiger charge is -1.58. The van der Waals surface area contributed by atoms with Crippen LogP contribution in [0.4, 0.5) is 0 Å². The zero-order chi connectivity index (χ0) is 3.58. The summed E-state index contributed by atoms with van der Waals surface area (Å²) < 4.78 is 0.792. The van der Waals surface area contributed by atoms with Gasteiger partial charge >= 0.3 is 0 Å². The molecule has 0 amide bonds. The minimum atomic E-state index is 0. The molecule has 0 fully saturated rings. The van der Waals surface area contributed by atoms with Gasteiger partial charge in [-0.15, -0.1) is 37.2 Å². The Hall–Kier alpha value is 1.57. The second-order valence-corrected chi connectivity index (χ2v) is 3.32. The van der Waals surface area contributed by atoms with Gasteiger partial charge in [-0.25, -0.2) is 0 Å². The highest BCUT2D eigenvalue weighted by Crippen LogP contribution is 2.06. The number of hydrogen-bond donors (Lipinski definition) is 0. The molecule has 0 aromatic rings. The summed E-state index contributed by atoms with van der Waals surface area (Å²) >= 11 is 5.99. The first-order valence-corrected chi connectivity index (χ1v) is 2.32. The number of halogens is 5. The molecule has 0 aliphatic heterocycles. The van der Waals surface area contributed by atoms with Crippen molar-refractivity contribution < 1.29 is 0 Å². The average Bonchev–Trinajstić information content (AvgIpc) is 0.811. The van der Waals surface area contributed by atoms with Crippen LogP contribution in [-0.4, -0.2) is 0 Å². The third-order valence-corrected chi connectivity index (χ3v) is 0. The Kier molecular flexibility index (Phi) is 52.6. The molecule has 0 aliphatic rings. The molecule has 0 aromatic carbocycles. The van der Waals surface area contributed by atoms with Crippen molar-refractivity contribution >= 4 is 69.1 Å². The first-order chi connectivity index (χ1) is 1.73. The van der Waals surface area contributed by atoms with Crippen LogP contribution < -0.4 is 0 Å². The Balaban J connectivity index is -0.0000000150. The van der Waals surface area contributed by atoms with Gasteiger partial charge in [-0.05, 0) is 31.9 Å². The molecule has 5 heteroatoms. The highest BCUT2D eigenvalue weighted by molar-refractivity contribution is 9.28. The van der Waals surface area contributed by atoms with E-state index in [1.165, 1.54) is 0 Å². The molecular weight excluding hydrogens is 290 g/mol. The highest BCUT2D eigenvalue weighted by Gasteiger charge is 1.58. The summed E-state index contributed by atoms with van der Waals surface area (Å²) in [6, 6.07) is 0. The molecular formula is C2H5Br2Cl3. The largest absolute Gasteiger partial charge is 0.147 e. The van der Waals surface area contributed by atoms with E-state index in [2.05, 4.69) is 38.4 Å². The molecule has 0 N–H and O–H groups in total. The molecule has 0 bridgehead atoms. The molecule has 48 valence electrons. The molecule has 0 spiro atoms.